The van der Waals surface area contributed by atoms with E-state index >= 15 is 0 Å². The molecule has 0 aromatic heterocycles. The molecule has 0 saturated heterocycles. The van der Waals surface area contributed by atoms with Gasteiger partial charge in [0.05, 0.1) is 6.10 Å². The van der Waals surface area contributed by atoms with E-state index in [2.05, 4.69) is 0 Å². The minimum atomic E-state index is 0.365. The maximum atomic E-state index is 10.5. The average Bonchev–Trinajstić information content (AvgIpc) is 2.59. The van der Waals surface area contributed by atoms with E-state index in [4.69, 9.17) is 4.74 Å². The lowest BCUT2D eigenvalue weighted by atomic mass is 10.1. The van der Waals surface area contributed by atoms with Crippen LogP contribution in [0.3, 0.4) is 0 Å². The number of hydrogen-bond acceptors (Lipinski definition) is 2. The smallest absolute Gasteiger partial charge is 0.150 e. The van der Waals surface area contributed by atoms with Crippen molar-refractivity contribution in [1.29, 1.82) is 0 Å². The van der Waals surface area contributed by atoms with E-state index in [9.17, 15) is 4.79 Å². The molecule has 2 heteroatoms. The third kappa shape index (κ3) is 3.09. The van der Waals surface area contributed by atoms with Crippen LogP contribution in [0, 0.1) is 0 Å². The molecule has 0 spiro atoms. The highest BCUT2D eigenvalue weighted by Gasteiger charge is 2.13. The third-order valence-corrected chi connectivity index (χ3v) is 3.12. The van der Waals surface area contributed by atoms with Gasteiger partial charge in [-0.15, -0.1) is 0 Å². The summed E-state index contributed by atoms with van der Waals surface area (Å²) in [6.45, 7) is 0. The van der Waals surface area contributed by atoms with E-state index in [1.54, 1.807) is 12.1 Å². The van der Waals surface area contributed by atoms with Crippen LogP contribution < -0.4 is 4.74 Å². The number of carbonyl (C=O) groups is 1. The normalized spacial score (nSPS) is 17.8. The van der Waals surface area contributed by atoms with Gasteiger partial charge in [0.2, 0.25) is 0 Å². The Morgan fingerprint density at radius 3 is 2.19 bits per heavy atom. The summed E-state index contributed by atoms with van der Waals surface area (Å²) in [6, 6.07) is 7.38. The van der Waals surface area contributed by atoms with Crippen molar-refractivity contribution in [3.05, 3.63) is 29.8 Å². The molecular formula is C14H18O2. The molecule has 1 aromatic rings. The van der Waals surface area contributed by atoms with E-state index in [0.717, 1.165) is 24.9 Å². The van der Waals surface area contributed by atoms with Gasteiger partial charge in [-0.05, 0) is 49.9 Å². The molecule has 1 aliphatic carbocycles. The van der Waals surface area contributed by atoms with Crippen molar-refractivity contribution in [2.75, 3.05) is 0 Å². The van der Waals surface area contributed by atoms with Gasteiger partial charge in [-0.25, -0.2) is 0 Å². The second kappa shape index (κ2) is 5.69. The van der Waals surface area contributed by atoms with Gasteiger partial charge in [0.25, 0.3) is 0 Å². The molecule has 0 aliphatic heterocycles. The van der Waals surface area contributed by atoms with Crippen LogP contribution in [-0.2, 0) is 0 Å². The molecule has 16 heavy (non-hydrogen) atoms. The molecular weight excluding hydrogens is 200 g/mol. The maximum Gasteiger partial charge on any atom is 0.150 e. The minimum Gasteiger partial charge on any atom is -0.490 e. The Kier molecular flexibility index (Phi) is 3.97. The molecule has 0 bridgehead atoms. The summed E-state index contributed by atoms with van der Waals surface area (Å²) < 4.78 is 5.92. The van der Waals surface area contributed by atoms with Crippen LogP contribution in [0.15, 0.2) is 24.3 Å². The quantitative estimate of drug-likeness (QED) is 0.572. The monoisotopic (exact) mass is 218 g/mol. The van der Waals surface area contributed by atoms with Crippen LogP contribution >= 0.6 is 0 Å². The van der Waals surface area contributed by atoms with Crippen LogP contribution in [0.25, 0.3) is 0 Å². The molecule has 1 aliphatic rings. The summed E-state index contributed by atoms with van der Waals surface area (Å²) in [7, 11) is 0. The highest BCUT2D eigenvalue weighted by atomic mass is 16.5. The molecule has 2 nitrogen and oxygen atoms in total. The van der Waals surface area contributed by atoms with Gasteiger partial charge in [0.15, 0.2) is 0 Å². The highest BCUT2D eigenvalue weighted by Crippen LogP contribution is 2.22. The molecule has 1 saturated carbocycles. The fourth-order valence-corrected chi connectivity index (χ4v) is 2.18. The van der Waals surface area contributed by atoms with Gasteiger partial charge in [-0.3, -0.25) is 4.79 Å². The molecule has 0 atom stereocenters. The number of carbonyl (C=O) groups excluding carboxylic acids is 1. The van der Waals surface area contributed by atoms with E-state index < -0.39 is 0 Å². The third-order valence-electron chi connectivity index (χ3n) is 3.12. The standard InChI is InChI=1S/C14H18O2/c15-11-12-7-9-14(10-8-12)16-13-5-3-1-2-4-6-13/h7-11,13H,1-6H2. The largest absolute Gasteiger partial charge is 0.490 e. The van der Waals surface area contributed by atoms with Gasteiger partial charge in [-0.2, -0.15) is 0 Å². The molecule has 2 rings (SSSR count). The molecule has 86 valence electrons. The van der Waals surface area contributed by atoms with Crippen LogP contribution in [0.2, 0.25) is 0 Å². The number of aldehydes is 1. The van der Waals surface area contributed by atoms with Crippen molar-refractivity contribution in [3.8, 4) is 5.75 Å². The first-order valence-electron chi connectivity index (χ1n) is 6.10. The van der Waals surface area contributed by atoms with Crippen molar-refractivity contribution in [2.24, 2.45) is 0 Å². The summed E-state index contributed by atoms with van der Waals surface area (Å²) in [5.74, 6) is 0.887. The van der Waals surface area contributed by atoms with Gasteiger partial charge >= 0.3 is 0 Å². The Bertz CT molecular complexity index is 321. The molecule has 0 heterocycles. The Labute approximate surface area is 96.6 Å². The summed E-state index contributed by atoms with van der Waals surface area (Å²) in [5, 5.41) is 0. The molecule has 1 aromatic carbocycles. The Morgan fingerprint density at radius 2 is 1.62 bits per heavy atom. The summed E-state index contributed by atoms with van der Waals surface area (Å²) >= 11 is 0. The van der Waals surface area contributed by atoms with E-state index in [-0.39, 0.29) is 0 Å². The predicted molar refractivity (Wildman–Crippen MR) is 63.9 cm³/mol. The number of hydrogen-bond donors (Lipinski definition) is 0. The van der Waals surface area contributed by atoms with Crippen molar-refractivity contribution >= 4 is 6.29 Å². The van der Waals surface area contributed by atoms with Crippen molar-refractivity contribution < 1.29 is 9.53 Å². The molecule has 0 amide bonds. The van der Waals surface area contributed by atoms with E-state index in [0.29, 0.717) is 11.7 Å². The van der Waals surface area contributed by atoms with Gasteiger partial charge < -0.3 is 4.74 Å². The lowest BCUT2D eigenvalue weighted by Gasteiger charge is -2.16. The molecule has 1 fully saturated rings. The minimum absolute atomic E-state index is 0.365. The first-order chi connectivity index (χ1) is 7.88. The topological polar surface area (TPSA) is 26.3 Å². The Morgan fingerprint density at radius 1 is 1.00 bits per heavy atom. The summed E-state index contributed by atoms with van der Waals surface area (Å²) in [5.41, 5.74) is 0.702. The van der Waals surface area contributed by atoms with E-state index in [1.807, 2.05) is 12.1 Å². The van der Waals surface area contributed by atoms with Crippen LogP contribution in [-0.4, -0.2) is 12.4 Å². The number of ether oxygens (including phenoxy) is 1. The highest BCUT2D eigenvalue weighted by molar-refractivity contribution is 5.74. The van der Waals surface area contributed by atoms with Crippen molar-refractivity contribution in [2.45, 2.75) is 44.6 Å². The zero-order valence-electron chi connectivity index (χ0n) is 9.52. The van der Waals surface area contributed by atoms with Gasteiger partial charge in [0, 0.05) is 5.56 Å². The fourth-order valence-electron chi connectivity index (χ4n) is 2.18. The maximum absolute atomic E-state index is 10.5. The second-order valence-electron chi connectivity index (χ2n) is 4.42. The van der Waals surface area contributed by atoms with Crippen LogP contribution in [0.4, 0.5) is 0 Å². The number of rotatable bonds is 3. The molecule has 0 N–H and O–H groups in total. The van der Waals surface area contributed by atoms with Gasteiger partial charge in [-0.1, -0.05) is 12.8 Å². The predicted octanol–water partition coefficient (Wildman–Crippen LogP) is 3.60. The lowest BCUT2D eigenvalue weighted by molar-refractivity contribution is 0.112. The first kappa shape index (κ1) is 11.2. The zero-order chi connectivity index (χ0) is 11.2. The average molecular weight is 218 g/mol. The zero-order valence-corrected chi connectivity index (χ0v) is 9.52. The van der Waals surface area contributed by atoms with Gasteiger partial charge in [0.1, 0.15) is 12.0 Å². The Hall–Kier alpha value is -1.31. The molecule has 0 unspecified atom stereocenters. The van der Waals surface area contributed by atoms with Crippen LogP contribution in [0.5, 0.6) is 5.75 Å². The van der Waals surface area contributed by atoms with Crippen molar-refractivity contribution in [3.63, 3.8) is 0 Å². The van der Waals surface area contributed by atoms with Crippen molar-refractivity contribution in [1.82, 2.24) is 0 Å². The summed E-state index contributed by atoms with van der Waals surface area (Å²) in [4.78, 5) is 10.5. The van der Waals surface area contributed by atoms with E-state index in [1.165, 1.54) is 25.7 Å². The number of benzene rings is 1. The first-order valence-corrected chi connectivity index (χ1v) is 6.10. The fraction of sp³-hybridized carbons (Fsp3) is 0.500. The summed E-state index contributed by atoms with van der Waals surface area (Å²) in [6.07, 6.45) is 8.77. The SMILES string of the molecule is O=Cc1ccc(OC2CCCCCC2)cc1. The Balaban J connectivity index is 1.93. The lowest BCUT2D eigenvalue weighted by Crippen LogP contribution is -2.14. The second-order valence-corrected chi connectivity index (χ2v) is 4.42. The van der Waals surface area contributed by atoms with Crippen LogP contribution in [0.1, 0.15) is 48.9 Å². The molecule has 0 radical (unpaired) electrons.